The number of amides is 1. The summed E-state index contributed by atoms with van der Waals surface area (Å²) >= 11 is 0. The topological polar surface area (TPSA) is 59.0 Å². The maximum Gasteiger partial charge on any atom is 0.495 e. The van der Waals surface area contributed by atoms with Gasteiger partial charge in [0.15, 0.2) is 0 Å². The fourth-order valence-electron chi connectivity index (χ4n) is 2.68. The number of aryl methyl sites for hydroxylation is 1. The highest BCUT2D eigenvalue weighted by Crippen LogP contribution is 2.37. The van der Waals surface area contributed by atoms with Gasteiger partial charge >= 0.3 is 7.12 Å². The zero-order chi connectivity index (χ0) is 20.1. The summed E-state index contributed by atoms with van der Waals surface area (Å²) in [6.45, 7) is 9.06. The number of carbonyl (C=O) groups is 1. The van der Waals surface area contributed by atoms with Crippen molar-refractivity contribution in [2.24, 2.45) is 0 Å². The lowest BCUT2D eigenvalue weighted by atomic mass is 9.74. The molecule has 1 aromatic rings. The van der Waals surface area contributed by atoms with Gasteiger partial charge in [-0.25, -0.2) is 8.78 Å². The number of halogens is 3. The number of hydrogen-bond donors (Lipinski definition) is 1. The van der Waals surface area contributed by atoms with Crippen molar-refractivity contribution in [3.63, 3.8) is 0 Å². The van der Waals surface area contributed by atoms with E-state index in [0.29, 0.717) is 18.1 Å². The highest BCUT2D eigenvalue weighted by molar-refractivity contribution is 6.62. The molecule has 1 fully saturated rings. The molecule has 1 aliphatic rings. The number of rotatable bonds is 4. The summed E-state index contributed by atoms with van der Waals surface area (Å²) in [6.07, 6.45) is -3.53. The highest BCUT2D eigenvalue weighted by atomic mass is 19.3. The molecule has 9 heteroatoms. The van der Waals surface area contributed by atoms with E-state index < -0.39 is 46.9 Å². The molecule has 0 aliphatic carbocycles. The van der Waals surface area contributed by atoms with Gasteiger partial charge in [-0.05, 0) is 45.6 Å². The zero-order valence-corrected chi connectivity index (χ0v) is 15.6. The molecule has 0 spiro atoms. The molecule has 1 heterocycles. The number of benzene rings is 1. The normalized spacial score (nSPS) is 21.0. The molecule has 1 amide bonds. The summed E-state index contributed by atoms with van der Waals surface area (Å²) in [5.74, 6) is -1.75. The third-order valence-corrected chi connectivity index (χ3v) is 5.15. The van der Waals surface area contributed by atoms with Crippen molar-refractivity contribution in [2.45, 2.75) is 57.8 Å². The second kappa shape index (κ2) is 6.54. The number of likely N-dealkylation sites (N-methyl/N-ethyl adjacent to an activating group) is 1. The third-order valence-electron chi connectivity index (χ3n) is 5.15. The second-order valence-electron chi connectivity index (χ2n) is 7.51. The van der Waals surface area contributed by atoms with Crippen molar-refractivity contribution in [1.82, 2.24) is 5.12 Å². The van der Waals surface area contributed by atoms with Crippen LogP contribution in [-0.4, -0.2) is 47.9 Å². The second-order valence-corrected chi connectivity index (χ2v) is 7.51. The molecule has 1 atom stereocenters. The van der Waals surface area contributed by atoms with Gasteiger partial charge in [-0.2, -0.15) is 5.12 Å². The minimum atomic E-state index is -3.53. The number of nitrogens with zero attached hydrogens (tertiary/aromatic N) is 1. The lowest BCUT2D eigenvalue weighted by Gasteiger charge is -2.32. The lowest BCUT2D eigenvalue weighted by molar-refractivity contribution is -0.183. The molecule has 144 valence electrons. The summed E-state index contributed by atoms with van der Waals surface area (Å²) in [5.41, 5.74) is -4.02. The smallest absolute Gasteiger partial charge is 0.399 e. The Balaban J connectivity index is 2.52. The average molecular weight is 373 g/mol. The van der Waals surface area contributed by atoms with E-state index in [0.717, 1.165) is 6.07 Å². The fourth-order valence-corrected chi connectivity index (χ4v) is 2.68. The van der Waals surface area contributed by atoms with Crippen LogP contribution in [-0.2, 0) is 19.7 Å². The zero-order valence-electron chi connectivity index (χ0n) is 15.6. The van der Waals surface area contributed by atoms with Crippen LogP contribution in [0.3, 0.4) is 0 Å². The van der Waals surface area contributed by atoms with Gasteiger partial charge in [0, 0.05) is 7.05 Å². The molecule has 1 unspecified atom stereocenters. The Kier molecular flexibility index (Phi) is 5.22. The van der Waals surface area contributed by atoms with E-state index >= 15 is 0 Å². The van der Waals surface area contributed by atoms with E-state index in [1.165, 1.54) is 12.1 Å². The van der Waals surface area contributed by atoms with Crippen molar-refractivity contribution in [3.05, 3.63) is 29.3 Å². The van der Waals surface area contributed by atoms with E-state index in [9.17, 15) is 23.2 Å². The summed E-state index contributed by atoms with van der Waals surface area (Å²) in [7, 11) is -0.223. The molecule has 2 rings (SSSR count). The van der Waals surface area contributed by atoms with Crippen LogP contribution < -0.4 is 5.46 Å². The highest BCUT2D eigenvalue weighted by Gasteiger charge is 2.53. The Morgan fingerprint density at radius 3 is 2.15 bits per heavy atom. The Labute approximate surface area is 151 Å². The van der Waals surface area contributed by atoms with Gasteiger partial charge in [-0.3, -0.25) is 4.79 Å². The van der Waals surface area contributed by atoms with Gasteiger partial charge in [0.1, 0.15) is 0 Å². The first-order valence-electron chi connectivity index (χ1n) is 8.15. The van der Waals surface area contributed by atoms with E-state index in [1.54, 1.807) is 6.92 Å². The van der Waals surface area contributed by atoms with Crippen LogP contribution in [0.5, 0.6) is 0 Å². The van der Waals surface area contributed by atoms with Crippen LogP contribution in [0.15, 0.2) is 18.2 Å². The Morgan fingerprint density at radius 1 is 1.23 bits per heavy atom. The molecule has 5 nitrogen and oxygen atoms in total. The van der Waals surface area contributed by atoms with Gasteiger partial charge in [0.05, 0.1) is 11.2 Å². The molecular weight excluding hydrogens is 350 g/mol. The molecule has 0 aromatic heterocycles. The fraction of sp³-hybridized carbons (Fsp3) is 0.588. The van der Waals surface area contributed by atoms with Crippen LogP contribution in [0.1, 0.15) is 38.8 Å². The molecule has 0 bridgehead atoms. The van der Waals surface area contributed by atoms with E-state index in [-0.39, 0.29) is 0 Å². The molecular formula is C17H23BF3NO4. The molecule has 1 N–H and O–H groups in total. The van der Waals surface area contributed by atoms with Crippen molar-refractivity contribution < 1.29 is 32.5 Å². The Bertz CT molecular complexity index is 695. The SMILES string of the molecule is Cc1ccc(C(O)(C(=O)N(C)F)C(F)F)cc1B1OC(C)(C)C(C)(C)O1. The first kappa shape index (κ1) is 20.7. The van der Waals surface area contributed by atoms with Gasteiger partial charge in [0.25, 0.3) is 12.3 Å². The lowest BCUT2D eigenvalue weighted by Crippen LogP contribution is -2.49. The minimum absolute atomic E-state index is 0.384. The van der Waals surface area contributed by atoms with Crippen LogP contribution >= 0.6 is 0 Å². The van der Waals surface area contributed by atoms with E-state index in [4.69, 9.17) is 9.31 Å². The van der Waals surface area contributed by atoms with Gasteiger partial charge in [-0.1, -0.05) is 28.2 Å². The Hall–Kier alpha value is -1.58. The average Bonchev–Trinajstić information content (AvgIpc) is 2.73. The Morgan fingerprint density at radius 2 is 1.73 bits per heavy atom. The van der Waals surface area contributed by atoms with Crippen molar-refractivity contribution >= 4 is 18.5 Å². The first-order chi connectivity index (χ1) is 11.7. The number of carbonyl (C=O) groups excluding carboxylic acids is 1. The molecule has 1 aliphatic heterocycles. The van der Waals surface area contributed by atoms with E-state index in [2.05, 4.69) is 0 Å². The summed E-state index contributed by atoms with van der Waals surface area (Å²) < 4.78 is 52.1. The summed E-state index contributed by atoms with van der Waals surface area (Å²) in [5, 5.41) is 9.74. The van der Waals surface area contributed by atoms with Crippen LogP contribution in [0.2, 0.25) is 0 Å². The van der Waals surface area contributed by atoms with Crippen molar-refractivity contribution in [1.29, 1.82) is 0 Å². The summed E-state index contributed by atoms with van der Waals surface area (Å²) in [4.78, 5) is 11.9. The molecule has 0 radical (unpaired) electrons. The first-order valence-corrected chi connectivity index (χ1v) is 8.15. The number of alkyl halides is 2. The minimum Gasteiger partial charge on any atom is -0.399 e. The van der Waals surface area contributed by atoms with Gasteiger partial charge in [0.2, 0.25) is 5.60 Å². The summed E-state index contributed by atoms with van der Waals surface area (Å²) in [6, 6.07) is 3.82. The van der Waals surface area contributed by atoms with Crippen LogP contribution in [0, 0.1) is 6.92 Å². The molecule has 1 aromatic carbocycles. The standard InChI is InChI=1S/C17H23BF3NO4/c1-10-7-8-11(17(24,13(19)20)14(23)22(6)21)9-12(10)18-25-15(2,3)16(4,5)26-18/h7-9,13,24H,1-6H3. The quantitative estimate of drug-likeness (QED) is 0.649. The van der Waals surface area contributed by atoms with Crippen molar-refractivity contribution in [3.8, 4) is 0 Å². The monoisotopic (exact) mass is 373 g/mol. The van der Waals surface area contributed by atoms with Gasteiger partial charge < -0.3 is 14.4 Å². The number of hydrogen-bond acceptors (Lipinski definition) is 4. The van der Waals surface area contributed by atoms with Gasteiger partial charge in [-0.15, -0.1) is 0 Å². The molecule has 1 saturated heterocycles. The predicted octanol–water partition coefficient (Wildman–Crippen LogP) is 2.09. The third kappa shape index (κ3) is 3.23. The van der Waals surface area contributed by atoms with Crippen LogP contribution in [0.25, 0.3) is 0 Å². The predicted molar refractivity (Wildman–Crippen MR) is 90.7 cm³/mol. The largest absolute Gasteiger partial charge is 0.495 e. The maximum absolute atomic E-state index is 13.5. The maximum atomic E-state index is 13.5. The van der Waals surface area contributed by atoms with Crippen molar-refractivity contribution in [2.75, 3.05) is 7.05 Å². The molecule has 0 saturated carbocycles. The number of aliphatic hydroxyl groups is 1. The van der Waals surface area contributed by atoms with Crippen LogP contribution in [0.4, 0.5) is 13.3 Å². The van der Waals surface area contributed by atoms with E-state index in [1.807, 2.05) is 27.7 Å². The molecule has 26 heavy (non-hydrogen) atoms.